The summed E-state index contributed by atoms with van der Waals surface area (Å²) in [6, 6.07) is 12.4. The zero-order valence-electron chi connectivity index (χ0n) is 16.2. The fourth-order valence-electron chi connectivity index (χ4n) is 3.24. The molecule has 2 aromatic heterocycles. The average Bonchev–Trinajstić information content (AvgIpc) is 3.19. The standard InChI is InChI=1S/C21H29N5/c1-16(2)21-19(15-26(24-21)20-9-6-5-7-10-20)14-22-11-8-12-25-18(4)13-17(3)23-25/h5-7,9-10,13,15-16,22H,8,11-12,14H2,1-4H3. The van der Waals surface area contributed by atoms with E-state index in [2.05, 4.69) is 60.3 Å². The molecule has 3 rings (SSSR count). The molecule has 0 aliphatic carbocycles. The molecule has 0 unspecified atom stereocenters. The molecule has 0 bridgehead atoms. The highest BCUT2D eigenvalue weighted by Gasteiger charge is 2.13. The Labute approximate surface area is 156 Å². The Balaban J connectivity index is 1.57. The number of benzene rings is 1. The van der Waals surface area contributed by atoms with Gasteiger partial charge in [0.1, 0.15) is 0 Å². The third-order valence-corrected chi connectivity index (χ3v) is 4.53. The molecule has 2 heterocycles. The topological polar surface area (TPSA) is 47.7 Å². The van der Waals surface area contributed by atoms with Gasteiger partial charge in [-0.05, 0) is 50.9 Å². The van der Waals surface area contributed by atoms with E-state index in [1.807, 2.05) is 29.8 Å². The van der Waals surface area contributed by atoms with E-state index in [1.165, 1.54) is 17.0 Å². The second-order valence-corrected chi connectivity index (χ2v) is 7.15. The van der Waals surface area contributed by atoms with Crippen molar-refractivity contribution in [3.63, 3.8) is 0 Å². The molecule has 1 aromatic carbocycles. The Bertz CT molecular complexity index is 829. The van der Waals surface area contributed by atoms with Crippen LogP contribution < -0.4 is 5.32 Å². The molecule has 0 atom stereocenters. The molecule has 0 amide bonds. The average molecular weight is 351 g/mol. The number of rotatable bonds is 8. The number of nitrogens with one attached hydrogen (secondary N) is 1. The molecule has 0 radical (unpaired) electrons. The smallest absolute Gasteiger partial charge is 0.0699 e. The molecule has 0 aliphatic rings. The highest BCUT2D eigenvalue weighted by atomic mass is 15.3. The third-order valence-electron chi connectivity index (χ3n) is 4.53. The van der Waals surface area contributed by atoms with Gasteiger partial charge in [-0.15, -0.1) is 0 Å². The van der Waals surface area contributed by atoms with E-state index in [0.717, 1.165) is 37.4 Å². The zero-order valence-corrected chi connectivity index (χ0v) is 16.2. The van der Waals surface area contributed by atoms with Crippen LogP contribution in [0.1, 0.15) is 48.8 Å². The second-order valence-electron chi connectivity index (χ2n) is 7.15. The van der Waals surface area contributed by atoms with Crippen LogP contribution in [-0.4, -0.2) is 26.1 Å². The molecular formula is C21H29N5. The number of hydrogen-bond donors (Lipinski definition) is 1. The summed E-state index contributed by atoms with van der Waals surface area (Å²) < 4.78 is 4.08. The van der Waals surface area contributed by atoms with Gasteiger partial charge in [0.05, 0.1) is 17.1 Å². The fraction of sp³-hybridized carbons (Fsp3) is 0.429. The summed E-state index contributed by atoms with van der Waals surface area (Å²) >= 11 is 0. The lowest BCUT2D eigenvalue weighted by Gasteiger charge is -2.08. The van der Waals surface area contributed by atoms with Crippen LogP contribution in [0.25, 0.3) is 5.69 Å². The number of aryl methyl sites for hydroxylation is 3. The molecule has 26 heavy (non-hydrogen) atoms. The summed E-state index contributed by atoms with van der Waals surface area (Å²) in [4.78, 5) is 0. The van der Waals surface area contributed by atoms with Gasteiger partial charge >= 0.3 is 0 Å². The molecule has 138 valence electrons. The lowest BCUT2D eigenvalue weighted by atomic mass is 10.1. The summed E-state index contributed by atoms with van der Waals surface area (Å²) in [5, 5.41) is 12.9. The van der Waals surface area contributed by atoms with E-state index in [9.17, 15) is 0 Å². The van der Waals surface area contributed by atoms with Crippen LogP contribution in [-0.2, 0) is 13.1 Å². The predicted octanol–water partition coefficient (Wildman–Crippen LogP) is 3.99. The minimum atomic E-state index is 0.409. The molecule has 5 nitrogen and oxygen atoms in total. The van der Waals surface area contributed by atoms with Crippen molar-refractivity contribution in [1.29, 1.82) is 0 Å². The summed E-state index contributed by atoms with van der Waals surface area (Å²) in [5.74, 6) is 0.409. The first-order valence-corrected chi connectivity index (χ1v) is 9.40. The summed E-state index contributed by atoms with van der Waals surface area (Å²) in [7, 11) is 0. The maximum absolute atomic E-state index is 4.80. The monoisotopic (exact) mass is 351 g/mol. The van der Waals surface area contributed by atoms with Crippen LogP contribution in [0.4, 0.5) is 0 Å². The van der Waals surface area contributed by atoms with E-state index in [0.29, 0.717) is 5.92 Å². The van der Waals surface area contributed by atoms with Gasteiger partial charge in [-0.1, -0.05) is 32.0 Å². The van der Waals surface area contributed by atoms with Crippen molar-refractivity contribution in [2.75, 3.05) is 6.54 Å². The van der Waals surface area contributed by atoms with Gasteiger partial charge in [0.25, 0.3) is 0 Å². The molecule has 0 fully saturated rings. The number of hydrogen-bond acceptors (Lipinski definition) is 3. The Morgan fingerprint density at radius 1 is 1.08 bits per heavy atom. The van der Waals surface area contributed by atoms with E-state index in [4.69, 9.17) is 5.10 Å². The minimum Gasteiger partial charge on any atom is -0.312 e. The van der Waals surface area contributed by atoms with Gasteiger partial charge in [0, 0.05) is 30.5 Å². The van der Waals surface area contributed by atoms with Crippen molar-refractivity contribution in [3.8, 4) is 5.69 Å². The van der Waals surface area contributed by atoms with E-state index in [-0.39, 0.29) is 0 Å². The van der Waals surface area contributed by atoms with Crippen LogP contribution in [0, 0.1) is 13.8 Å². The maximum atomic E-state index is 4.80. The van der Waals surface area contributed by atoms with Crippen LogP contribution in [0.5, 0.6) is 0 Å². The Kier molecular flexibility index (Phi) is 5.89. The second kappa shape index (κ2) is 8.32. The van der Waals surface area contributed by atoms with E-state index < -0.39 is 0 Å². The van der Waals surface area contributed by atoms with Crippen LogP contribution in [0.3, 0.4) is 0 Å². The quantitative estimate of drug-likeness (QED) is 0.624. The SMILES string of the molecule is Cc1cc(C)n(CCCNCc2cn(-c3ccccc3)nc2C(C)C)n1. The molecule has 0 spiro atoms. The minimum absolute atomic E-state index is 0.409. The van der Waals surface area contributed by atoms with Gasteiger partial charge in [-0.2, -0.15) is 10.2 Å². The zero-order chi connectivity index (χ0) is 18.5. The molecular weight excluding hydrogens is 322 g/mol. The first kappa shape index (κ1) is 18.4. The van der Waals surface area contributed by atoms with Gasteiger partial charge in [0.2, 0.25) is 0 Å². The van der Waals surface area contributed by atoms with E-state index >= 15 is 0 Å². The fourth-order valence-corrected chi connectivity index (χ4v) is 3.24. The Morgan fingerprint density at radius 2 is 1.85 bits per heavy atom. The maximum Gasteiger partial charge on any atom is 0.0699 e. The lowest BCUT2D eigenvalue weighted by molar-refractivity contribution is 0.531. The highest BCUT2D eigenvalue weighted by Crippen LogP contribution is 2.19. The van der Waals surface area contributed by atoms with Crippen LogP contribution in [0.2, 0.25) is 0 Å². The summed E-state index contributed by atoms with van der Waals surface area (Å²) in [6.45, 7) is 11.3. The molecule has 5 heteroatoms. The summed E-state index contributed by atoms with van der Waals surface area (Å²) in [5.41, 5.74) is 5.86. The van der Waals surface area contributed by atoms with Gasteiger partial charge in [0.15, 0.2) is 0 Å². The van der Waals surface area contributed by atoms with Gasteiger partial charge in [-0.25, -0.2) is 4.68 Å². The Morgan fingerprint density at radius 3 is 2.50 bits per heavy atom. The van der Waals surface area contributed by atoms with Crippen LogP contribution >= 0.6 is 0 Å². The van der Waals surface area contributed by atoms with Gasteiger partial charge in [-0.3, -0.25) is 4.68 Å². The van der Waals surface area contributed by atoms with Gasteiger partial charge < -0.3 is 5.32 Å². The van der Waals surface area contributed by atoms with Crippen molar-refractivity contribution in [2.45, 2.75) is 53.1 Å². The summed E-state index contributed by atoms with van der Waals surface area (Å²) in [6.07, 6.45) is 3.21. The number of nitrogens with zero attached hydrogens (tertiary/aromatic N) is 4. The molecule has 0 saturated carbocycles. The van der Waals surface area contributed by atoms with Crippen molar-refractivity contribution in [1.82, 2.24) is 24.9 Å². The largest absolute Gasteiger partial charge is 0.312 e. The van der Waals surface area contributed by atoms with Crippen molar-refractivity contribution in [3.05, 3.63) is 65.2 Å². The predicted molar refractivity (Wildman–Crippen MR) is 106 cm³/mol. The Hall–Kier alpha value is -2.40. The molecule has 0 saturated heterocycles. The van der Waals surface area contributed by atoms with Crippen molar-refractivity contribution in [2.24, 2.45) is 0 Å². The van der Waals surface area contributed by atoms with Crippen LogP contribution in [0.15, 0.2) is 42.6 Å². The molecule has 0 aliphatic heterocycles. The highest BCUT2D eigenvalue weighted by molar-refractivity contribution is 5.33. The molecule has 1 N–H and O–H groups in total. The van der Waals surface area contributed by atoms with Crippen molar-refractivity contribution >= 4 is 0 Å². The van der Waals surface area contributed by atoms with E-state index in [1.54, 1.807) is 0 Å². The first-order valence-electron chi connectivity index (χ1n) is 9.40. The lowest BCUT2D eigenvalue weighted by Crippen LogP contribution is -2.17. The third kappa shape index (κ3) is 4.41. The number of aromatic nitrogens is 4. The van der Waals surface area contributed by atoms with Crippen molar-refractivity contribution < 1.29 is 0 Å². The normalized spacial score (nSPS) is 11.4. The molecule has 3 aromatic rings. The number of para-hydroxylation sites is 1. The first-order chi connectivity index (χ1) is 12.5.